The summed E-state index contributed by atoms with van der Waals surface area (Å²) in [5, 5.41) is 0. The standard InChI is InChI=1S/C15H15N/c1-2-15(16)14-11-7-6-10-13(14)12-8-4-3-5-9-12/h2-11,15H,1,16H2. The molecule has 0 saturated heterocycles. The van der Waals surface area contributed by atoms with E-state index < -0.39 is 0 Å². The van der Waals surface area contributed by atoms with Gasteiger partial charge in [0, 0.05) is 6.04 Å². The van der Waals surface area contributed by atoms with Crippen LogP contribution in [0.3, 0.4) is 0 Å². The number of rotatable bonds is 3. The van der Waals surface area contributed by atoms with Crippen LogP contribution in [0.25, 0.3) is 11.1 Å². The fraction of sp³-hybridized carbons (Fsp3) is 0.0667. The smallest absolute Gasteiger partial charge is 0.0484 e. The van der Waals surface area contributed by atoms with Crippen LogP contribution >= 0.6 is 0 Å². The summed E-state index contributed by atoms with van der Waals surface area (Å²) >= 11 is 0. The lowest BCUT2D eigenvalue weighted by Gasteiger charge is -2.13. The van der Waals surface area contributed by atoms with E-state index in [1.807, 2.05) is 30.3 Å². The van der Waals surface area contributed by atoms with Gasteiger partial charge in [-0.15, -0.1) is 6.58 Å². The third kappa shape index (κ3) is 2.05. The summed E-state index contributed by atoms with van der Waals surface area (Å²) in [7, 11) is 0. The van der Waals surface area contributed by atoms with Crippen molar-refractivity contribution in [1.82, 2.24) is 0 Å². The highest BCUT2D eigenvalue weighted by molar-refractivity contribution is 5.68. The van der Waals surface area contributed by atoms with E-state index in [2.05, 4.69) is 30.8 Å². The van der Waals surface area contributed by atoms with Gasteiger partial charge in [0.2, 0.25) is 0 Å². The van der Waals surface area contributed by atoms with Crippen molar-refractivity contribution in [1.29, 1.82) is 0 Å². The molecule has 2 N–H and O–H groups in total. The summed E-state index contributed by atoms with van der Waals surface area (Å²) in [5.41, 5.74) is 9.50. The third-order valence-electron chi connectivity index (χ3n) is 2.66. The van der Waals surface area contributed by atoms with Crippen molar-refractivity contribution in [3.63, 3.8) is 0 Å². The first kappa shape index (κ1) is 10.7. The molecule has 0 saturated carbocycles. The van der Waals surface area contributed by atoms with Gasteiger partial charge in [-0.3, -0.25) is 0 Å². The monoisotopic (exact) mass is 209 g/mol. The highest BCUT2D eigenvalue weighted by Crippen LogP contribution is 2.27. The van der Waals surface area contributed by atoms with E-state index in [1.165, 1.54) is 11.1 Å². The van der Waals surface area contributed by atoms with Crippen LogP contribution < -0.4 is 5.73 Å². The Balaban J connectivity index is 2.53. The van der Waals surface area contributed by atoms with Crippen LogP contribution in [0.2, 0.25) is 0 Å². The van der Waals surface area contributed by atoms with Gasteiger partial charge in [-0.25, -0.2) is 0 Å². The van der Waals surface area contributed by atoms with Gasteiger partial charge in [0.25, 0.3) is 0 Å². The van der Waals surface area contributed by atoms with Crippen molar-refractivity contribution in [3.8, 4) is 11.1 Å². The Kier molecular flexibility index (Phi) is 3.18. The van der Waals surface area contributed by atoms with Crippen LogP contribution in [0.4, 0.5) is 0 Å². The second-order valence-electron chi connectivity index (χ2n) is 3.71. The molecule has 1 unspecified atom stereocenters. The molecule has 0 fully saturated rings. The molecule has 0 aliphatic rings. The van der Waals surface area contributed by atoms with E-state index in [1.54, 1.807) is 6.08 Å². The molecule has 0 amide bonds. The molecular weight excluding hydrogens is 194 g/mol. The van der Waals surface area contributed by atoms with Crippen LogP contribution in [0, 0.1) is 0 Å². The van der Waals surface area contributed by atoms with Crippen LogP contribution in [-0.2, 0) is 0 Å². The molecule has 16 heavy (non-hydrogen) atoms. The second kappa shape index (κ2) is 4.77. The molecule has 0 aliphatic carbocycles. The van der Waals surface area contributed by atoms with E-state index in [-0.39, 0.29) is 6.04 Å². The van der Waals surface area contributed by atoms with E-state index in [0.29, 0.717) is 0 Å². The number of benzene rings is 2. The van der Waals surface area contributed by atoms with Crippen molar-refractivity contribution in [2.45, 2.75) is 6.04 Å². The van der Waals surface area contributed by atoms with Gasteiger partial charge in [0.15, 0.2) is 0 Å². The minimum absolute atomic E-state index is 0.114. The van der Waals surface area contributed by atoms with E-state index in [9.17, 15) is 0 Å². The lowest BCUT2D eigenvalue weighted by Crippen LogP contribution is -2.07. The lowest BCUT2D eigenvalue weighted by atomic mass is 9.95. The zero-order valence-corrected chi connectivity index (χ0v) is 9.14. The topological polar surface area (TPSA) is 26.0 Å². The van der Waals surface area contributed by atoms with Crippen LogP contribution in [-0.4, -0.2) is 0 Å². The maximum atomic E-state index is 6.01. The number of nitrogens with two attached hydrogens (primary N) is 1. The maximum absolute atomic E-state index is 6.01. The first-order valence-electron chi connectivity index (χ1n) is 5.35. The molecule has 80 valence electrons. The molecule has 0 aromatic heterocycles. The van der Waals surface area contributed by atoms with Crippen molar-refractivity contribution in [3.05, 3.63) is 72.8 Å². The first-order chi connectivity index (χ1) is 7.83. The molecule has 0 spiro atoms. The molecule has 2 aromatic rings. The third-order valence-corrected chi connectivity index (χ3v) is 2.66. The molecule has 0 aliphatic heterocycles. The van der Waals surface area contributed by atoms with Crippen molar-refractivity contribution in [2.75, 3.05) is 0 Å². The minimum atomic E-state index is -0.114. The van der Waals surface area contributed by atoms with Gasteiger partial charge in [-0.1, -0.05) is 60.7 Å². The van der Waals surface area contributed by atoms with Crippen molar-refractivity contribution in [2.24, 2.45) is 5.73 Å². The van der Waals surface area contributed by atoms with Gasteiger partial charge in [0.05, 0.1) is 0 Å². The quantitative estimate of drug-likeness (QED) is 0.769. The summed E-state index contributed by atoms with van der Waals surface area (Å²) < 4.78 is 0. The zero-order chi connectivity index (χ0) is 11.4. The normalized spacial score (nSPS) is 12.1. The molecule has 1 heteroatoms. The van der Waals surface area contributed by atoms with Gasteiger partial charge < -0.3 is 5.73 Å². The molecule has 0 radical (unpaired) electrons. The van der Waals surface area contributed by atoms with E-state index in [0.717, 1.165) is 5.56 Å². The van der Waals surface area contributed by atoms with Gasteiger partial charge >= 0.3 is 0 Å². The fourth-order valence-electron chi connectivity index (χ4n) is 1.80. The molecule has 0 heterocycles. The average Bonchev–Trinajstić information content (AvgIpc) is 2.39. The number of hydrogen-bond donors (Lipinski definition) is 1. The highest BCUT2D eigenvalue weighted by atomic mass is 14.6. The first-order valence-corrected chi connectivity index (χ1v) is 5.35. The second-order valence-corrected chi connectivity index (χ2v) is 3.71. The predicted molar refractivity (Wildman–Crippen MR) is 69.0 cm³/mol. The Labute approximate surface area is 96.2 Å². The van der Waals surface area contributed by atoms with Crippen LogP contribution in [0.5, 0.6) is 0 Å². The van der Waals surface area contributed by atoms with Gasteiger partial charge in [0.1, 0.15) is 0 Å². The van der Waals surface area contributed by atoms with Gasteiger partial charge in [-0.2, -0.15) is 0 Å². The molecular formula is C15H15N. The Morgan fingerprint density at radius 3 is 2.25 bits per heavy atom. The largest absolute Gasteiger partial charge is 0.321 e. The van der Waals surface area contributed by atoms with E-state index in [4.69, 9.17) is 5.73 Å². The summed E-state index contributed by atoms with van der Waals surface area (Å²) in [4.78, 5) is 0. The van der Waals surface area contributed by atoms with Crippen molar-refractivity contribution < 1.29 is 0 Å². The highest BCUT2D eigenvalue weighted by Gasteiger charge is 2.08. The molecule has 2 aromatic carbocycles. The SMILES string of the molecule is C=CC(N)c1ccccc1-c1ccccc1. The predicted octanol–water partition coefficient (Wildman–Crippen LogP) is 3.54. The molecule has 0 bridgehead atoms. The van der Waals surface area contributed by atoms with Gasteiger partial charge in [-0.05, 0) is 16.7 Å². The van der Waals surface area contributed by atoms with Crippen LogP contribution in [0.15, 0.2) is 67.3 Å². The maximum Gasteiger partial charge on any atom is 0.0484 e. The Hall–Kier alpha value is -1.86. The zero-order valence-electron chi connectivity index (χ0n) is 9.14. The van der Waals surface area contributed by atoms with Crippen LogP contribution in [0.1, 0.15) is 11.6 Å². The average molecular weight is 209 g/mol. The minimum Gasteiger partial charge on any atom is -0.321 e. The lowest BCUT2D eigenvalue weighted by molar-refractivity contribution is 0.917. The number of hydrogen-bond acceptors (Lipinski definition) is 1. The van der Waals surface area contributed by atoms with Crippen molar-refractivity contribution >= 4 is 0 Å². The molecule has 1 nitrogen and oxygen atoms in total. The molecule has 2 rings (SSSR count). The molecule has 1 atom stereocenters. The summed E-state index contributed by atoms with van der Waals surface area (Å²) in [6, 6.07) is 18.3. The summed E-state index contributed by atoms with van der Waals surface area (Å²) in [6.07, 6.45) is 1.77. The summed E-state index contributed by atoms with van der Waals surface area (Å²) in [5.74, 6) is 0. The van der Waals surface area contributed by atoms with E-state index >= 15 is 0 Å². The fourth-order valence-corrected chi connectivity index (χ4v) is 1.80. The Bertz CT molecular complexity index is 474. The Morgan fingerprint density at radius 1 is 0.938 bits per heavy atom. The summed E-state index contributed by atoms with van der Waals surface area (Å²) in [6.45, 7) is 3.75. The Morgan fingerprint density at radius 2 is 1.56 bits per heavy atom.